The lowest BCUT2D eigenvalue weighted by atomic mass is 9.94. The van der Waals surface area contributed by atoms with E-state index in [1.807, 2.05) is 39.0 Å². The predicted molar refractivity (Wildman–Crippen MR) is 93.8 cm³/mol. The molecule has 5 heteroatoms. The van der Waals surface area contributed by atoms with Gasteiger partial charge in [-0.3, -0.25) is 4.79 Å². The number of hydrogen-bond donors (Lipinski definition) is 2. The van der Waals surface area contributed by atoms with Crippen LogP contribution in [0.3, 0.4) is 0 Å². The lowest BCUT2D eigenvalue weighted by molar-refractivity contribution is -0.121. The van der Waals surface area contributed by atoms with Gasteiger partial charge in [-0.25, -0.2) is 0 Å². The maximum atomic E-state index is 11.8. The van der Waals surface area contributed by atoms with Crippen LogP contribution in [0.2, 0.25) is 0 Å². The molecule has 0 saturated heterocycles. The van der Waals surface area contributed by atoms with E-state index in [0.717, 1.165) is 18.6 Å². The van der Waals surface area contributed by atoms with Crippen LogP contribution in [0.5, 0.6) is 5.75 Å². The summed E-state index contributed by atoms with van der Waals surface area (Å²) in [6.07, 6.45) is 2.04. The summed E-state index contributed by atoms with van der Waals surface area (Å²) in [6.45, 7) is 9.09. The summed E-state index contributed by atoms with van der Waals surface area (Å²) in [7, 11) is 0. The number of benzene rings is 1. The topological polar surface area (TPSA) is 64.3 Å². The summed E-state index contributed by atoms with van der Waals surface area (Å²) >= 11 is 0. The molecule has 0 atom stereocenters. The van der Waals surface area contributed by atoms with Gasteiger partial charge in [-0.15, -0.1) is 12.4 Å². The number of halogens is 1. The molecule has 0 aliphatic heterocycles. The number of nitrogens with one attached hydrogen (secondary N) is 1. The molecule has 22 heavy (non-hydrogen) atoms. The van der Waals surface area contributed by atoms with Gasteiger partial charge in [-0.2, -0.15) is 0 Å². The monoisotopic (exact) mass is 328 g/mol. The Balaban J connectivity index is 0.00000441. The maximum Gasteiger partial charge on any atom is 0.223 e. The van der Waals surface area contributed by atoms with Gasteiger partial charge < -0.3 is 15.8 Å². The van der Waals surface area contributed by atoms with Crippen molar-refractivity contribution in [1.82, 2.24) is 5.32 Å². The Bertz CT molecular complexity index is 474. The molecular weight excluding hydrogens is 300 g/mol. The zero-order valence-corrected chi connectivity index (χ0v) is 14.9. The molecule has 1 aromatic carbocycles. The van der Waals surface area contributed by atoms with Crippen LogP contribution in [0, 0.1) is 13.8 Å². The average molecular weight is 329 g/mol. The van der Waals surface area contributed by atoms with Gasteiger partial charge in [0.1, 0.15) is 5.75 Å². The molecule has 0 saturated carbocycles. The normalized spacial score (nSPS) is 10.8. The van der Waals surface area contributed by atoms with Gasteiger partial charge in [0.15, 0.2) is 0 Å². The molecule has 0 fully saturated rings. The van der Waals surface area contributed by atoms with E-state index in [-0.39, 0.29) is 23.9 Å². The lowest BCUT2D eigenvalue weighted by Gasteiger charge is -2.26. The molecule has 0 bridgehead atoms. The van der Waals surface area contributed by atoms with Crippen molar-refractivity contribution in [2.24, 2.45) is 5.73 Å². The van der Waals surface area contributed by atoms with Crippen LogP contribution in [0.1, 0.15) is 44.2 Å². The van der Waals surface area contributed by atoms with Gasteiger partial charge in [0, 0.05) is 12.1 Å². The van der Waals surface area contributed by atoms with Crippen molar-refractivity contribution >= 4 is 18.3 Å². The number of carbonyl (C=O) groups is 1. The third-order valence-corrected chi connectivity index (χ3v) is 4.12. The molecule has 3 N–H and O–H groups in total. The summed E-state index contributed by atoms with van der Waals surface area (Å²) in [4.78, 5) is 11.8. The van der Waals surface area contributed by atoms with Gasteiger partial charge >= 0.3 is 0 Å². The highest BCUT2D eigenvalue weighted by Gasteiger charge is 2.20. The summed E-state index contributed by atoms with van der Waals surface area (Å²) < 4.78 is 5.61. The molecule has 0 radical (unpaired) electrons. The highest BCUT2D eigenvalue weighted by atomic mass is 35.5. The number of amides is 1. The summed E-state index contributed by atoms with van der Waals surface area (Å²) in [5.41, 5.74) is 8.27. The molecule has 126 valence electrons. The molecular formula is C17H29ClN2O2. The van der Waals surface area contributed by atoms with E-state index in [9.17, 15) is 4.79 Å². The predicted octanol–water partition coefficient (Wildman–Crippen LogP) is 3.13. The molecule has 0 aliphatic carbocycles. The van der Waals surface area contributed by atoms with E-state index in [2.05, 4.69) is 12.2 Å². The van der Waals surface area contributed by atoms with Gasteiger partial charge in [0.05, 0.1) is 13.0 Å². The molecule has 1 rings (SSSR count). The molecule has 1 aromatic rings. The number of aryl methyl sites for hydroxylation is 2. The average Bonchev–Trinajstić information content (AvgIpc) is 2.48. The molecule has 0 unspecified atom stereocenters. The zero-order valence-electron chi connectivity index (χ0n) is 14.1. The highest BCUT2D eigenvalue weighted by molar-refractivity contribution is 5.85. The molecule has 4 nitrogen and oxygen atoms in total. The Morgan fingerprint density at radius 1 is 1.23 bits per heavy atom. The lowest BCUT2D eigenvalue weighted by Crippen LogP contribution is -2.49. The minimum absolute atomic E-state index is 0. The maximum absolute atomic E-state index is 11.8. The Morgan fingerprint density at radius 2 is 1.86 bits per heavy atom. The number of hydrogen-bond acceptors (Lipinski definition) is 3. The SMILES string of the molecule is CCC(N)(CC)CNC(=O)CCOc1ccc(C)c(C)c1.Cl. The zero-order chi connectivity index (χ0) is 15.9. The van der Waals surface area contributed by atoms with E-state index in [4.69, 9.17) is 10.5 Å². The standard InChI is InChI=1S/C17H28N2O2.ClH/c1-5-17(18,6-2)12-19-16(20)9-10-21-15-8-7-13(3)14(4)11-15;/h7-8,11H,5-6,9-10,12,18H2,1-4H3,(H,19,20);1H. The van der Waals surface area contributed by atoms with E-state index in [0.29, 0.717) is 19.6 Å². The van der Waals surface area contributed by atoms with Crippen molar-refractivity contribution in [3.8, 4) is 5.75 Å². The fourth-order valence-electron chi connectivity index (χ4n) is 1.93. The van der Waals surface area contributed by atoms with E-state index in [1.165, 1.54) is 11.1 Å². The summed E-state index contributed by atoms with van der Waals surface area (Å²) in [5, 5.41) is 2.89. The molecule has 0 heterocycles. The highest BCUT2D eigenvalue weighted by Crippen LogP contribution is 2.16. The van der Waals surface area contributed by atoms with Crippen LogP contribution in [0.15, 0.2) is 18.2 Å². The van der Waals surface area contributed by atoms with Crippen LogP contribution in [0.4, 0.5) is 0 Å². The number of carbonyl (C=O) groups excluding carboxylic acids is 1. The minimum atomic E-state index is -0.301. The van der Waals surface area contributed by atoms with Crippen LogP contribution in [0.25, 0.3) is 0 Å². The smallest absolute Gasteiger partial charge is 0.223 e. The van der Waals surface area contributed by atoms with Crippen molar-refractivity contribution in [2.75, 3.05) is 13.2 Å². The van der Waals surface area contributed by atoms with Crippen molar-refractivity contribution in [3.05, 3.63) is 29.3 Å². The molecule has 1 amide bonds. The fraction of sp³-hybridized carbons (Fsp3) is 0.588. The van der Waals surface area contributed by atoms with Gasteiger partial charge in [0.25, 0.3) is 0 Å². The van der Waals surface area contributed by atoms with Crippen molar-refractivity contribution in [2.45, 2.75) is 52.5 Å². The summed E-state index contributed by atoms with van der Waals surface area (Å²) in [6, 6.07) is 5.95. The first-order valence-electron chi connectivity index (χ1n) is 7.66. The van der Waals surface area contributed by atoms with E-state index >= 15 is 0 Å². The second-order valence-electron chi connectivity index (χ2n) is 5.69. The van der Waals surface area contributed by atoms with Crippen LogP contribution in [-0.2, 0) is 4.79 Å². The Hall–Kier alpha value is -1.26. The minimum Gasteiger partial charge on any atom is -0.493 e. The van der Waals surface area contributed by atoms with E-state index < -0.39 is 0 Å². The second-order valence-corrected chi connectivity index (χ2v) is 5.69. The molecule has 0 aliphatic rings. The van der Waals surface area contributed by atoms with Crippen molar-refractivity contribution < 1.29 is 9.53 Å². The van der Waals surface area contributed by atoms with Crippen LogP contribution >= 0.6 is 12.4 Å². The first kappa shape index (κ1) is 20.7. The van der Waals surface area contributed by atoms with Crippen LogP contribution in [-0.4, -0.2) is 24.6 Å². The molecule has 0 spiro atoms. The quantitative estimate of drug-likeness (QED) is 0.770. The first-order valence-corrected chi connectivity index (χ1v) is 7.66. The van der Waals surface area contributed by atoms with Crippen molar-refractivity contribution in [1.29, 1.82) is 0 Å². The van der Waals surface area contributed by atoms with Gasteiger partial charge in [-0.1, -0.05) is 19.9 Å². The Morgan fingerprint density at radius 3 is 2.41 bits per heavy atom. The first-order chi connectivity index (χ1) is 9.90. The van der Waals surface area contributed by atoms with Gasteiger partial charge in [0.2, 0.25) is 5.91 Å². The van der Waals surface area contributed by atoms with E-state index in [1.54, 1.807) is 0 Å². The number of rotatable bonds is 8. The molecule has 0 aromatic heterocycles. The van der Waals surface area contributed by atoms with Crippen LogP contribution < -0.4 is 15.8 Å². The third-order valence-electron chi connectivity index (χ3n) is 4.12. The van der Waals surface area contributed by atoms with Gasteiger partial charge in [-0.05, 0) is 49.9 Å². The largest absolute Gasteiger partial charge is 0.493 e. The number of nitrogens with two attached hydrogens (primary N) is 1. The fourth-order valence-corrected chi connectivity index (χ4v) is 1.93. The Kier molecular flexibility index (Phi) is 9.14. The summed E-state index contributed by atoms with van der Waals surface area (Å²) in [5.74, 6) is 0.789. The Labute approximate surface area is 140 Å². The number of ether oxygens (including phenoxy) is 1. The van der Waals surface area contributed by atoms with Crippen molar-refractivity contribution in [3.63, 3.8) is 0 Å². The third kappa shape index (κ3) is 6.67. The second kappa shape index (κ2) is 9.70.